The van der Waals surface area contributed by atoms with Crippen molar-refractivity contribution in [3.05, 3.63) is 29.3 Å². The average Bonchev–Trinajstić information content (AvgIpc) is 2.81. The SMILES string of the molecule is NNc1c(F)cc(C(=O)NC2CCCC2)cc1F. The number of nitrogens with one attached hydrogen (secondary N) is 2. The lowest BCUT2D eigenvalue weighted by Gasteiger charge is -2.12. The first-order chi connectivity index (χ1) is 8.61. The van der Waals surface area contributed by atoms with Gasteiger partial charge in [0.05, 0.1) is 0 Å². The lowest BCUT2D eigenvalue weighted by atomic mass is 10.1. The molecule has 0 atom stereocenters. The molecular formula is C12H15F2N3O. The third kappa shape index (κ3) is 2.59. The van der Waals surface area contributed by atoms with Crippen molar-refractivity contribution in [3.63, 3.8) is 0 Å². The van der Waals surface area contributed by atoms with Crippen molar-refractivity contribution in [3.8, 4) is 0 Å². The number of benzene rings is 1. The Labute approximate surface area is 104 Å². The number of halogens is 2. The van der Waals surface area contributed by atoms with Crippen LogP contribution in [0.1, 0.15) is 36.0 Å². The predicted molar refractivity (Wildman–Crippen MR) is 63.9 cm³/mol. The Balaban J connectivity index is 2.15. The molecule has 98 valence electrons. The zero-order valence-corrected chi connectivity index (χ0v) is 9.80. The Morgan fingerprint density at radius 2 is 1.78 bits per heavy atom. The molecule has 4 N–H and O–H groups in total. The second kappa shape index (κ2) is 5.30. The van der Waals surface area contributed by atoms with Gasteiger partial charge in [-0.2, -0.15) is 0 Å². The minimum absolute atomic E-state index is 0.0316. The Hall–Kier alpha value is -1.69. The molecule has 0 saturated heterocycles. The molecule has 0 aromatic heterocycles. The number of nitrogens with two attached hydrogens (primary N) is 1. The number of amides is 1. The number of anilines is 1. The number of carbonyl (C=O) groups is 1. The fourth-order valence-electron chi connectivity index (χ4n) is 2.18. The monoisotopic (exact) mass is 255 g/mol. The summed E-state index contributed by atoms with van der Waals surface area (Å²) in [6.07, 6.45) is 3.98. The highest BCUT2D eigenvalue weighted by Crippen LogP contribution is 2.21. The van der Waals surface area contributed by atoms with Gasteiger partial charge in [-0.15, -0.1) is 0 Å². The van der Waals surface area contributed by atoms with Gasteiger partial charge in [0.25, 0.3) is 5.91 Å². The fraction of sp³-hybridized carbons (Fsp3) is 0.417. The van der Waals surface area contributed by atoms with E-state index in [2.05, 4.69) is 5.32 Å². The van der Waals surface area contributed by atoms with Crippen molar-refractivity contribution in [2.75, 3.05) is 5.43 Å². The lowest BCUT2D eigenvalue weighted by Crippen LogP contribution is -2.32. The van der Waals surface area contributed by atoms with E-state index >= 15 is 0 Å². The predicted octanol–water partition coefficient (Wildman–Crippen LogP) is 1.92. The largest absolute Gasteiger partial charge is 0.349 e. The molecule has 0 heterocycles. The maximum absolute atomic E-state index is 13.4. The van der Waals surface area contributed by atoms with E-state index in [1.807, 2.05) is 5.43 Å². The first-order valence-corrected chi connectivity index (χ1v) is 5.88. The molecule has 18 heavy (non-hydrogen) atoms. The van der Waals surface area contributed by atoms with Crippen LogP contribution < -0.4 is 16.6 Å². The topological polar surface area (TPSA) is 67.1 Å². The van der Waals surface area contributed by atoms with E-state index in [0.717, 1.165) is 37.8 Å². The number of hydrogen-bond acceptors (Lipinski definition) is 3. The Kier molecular flexibility index (Phi) is 3.76. The smallest absolute Gasteiger partial charge is 0.251 e. The van der Waals surface area contributed by atoms with Gasteiger partial charge in [-0.05, 0) is 25.0 Å². The molecule has 1 amide bonds. The summed E-state index contributed by atoms with van der Waals surface area (Å²) in [5.74, 6) is 2.76. The Bertz CT molecular complexity index is 436. The maximum Gasteiger partial charge on any atom is 0.251 e. The third-order valence-electron chi connectivity index (χ3n) is 3.14. The third-order valence-corrected chi connectivity index (χ3v) is 3.14. The van der Waals surface area contributed by atoms with E-state index in [1.165, 1.54) is 0 Å². The minimum Gasteiger partial charge on any atom is -0.349 e. The van der Waals surface area contributed by atoms with Gasteiger partial charge < -0.3 is 10.7 Å². The molecule has 1 saturated carbocycles. The van der Waals surface area contributed by atoms with Crippen LogP contribution in [0.4, 0.5) is 14.5 Å². The molecule has 6 heteroatoms. The van der Waals surface area contributed by atoms with Crippen molar-refractivity contribution in [2.24, 2.45) is 5.84 Å². The van der Waals surface area contributed by atoms with Crippen LogP contribution in [0.2, 0.25) is 0 Å². The normalized spacial score (nSPS) is 15.7. The summed E-state index contributed by atoms with van der Waals surface area (Å²) in [7, 11) is 0. The van der Waals surface area contributed by atoms with Gasteiger partial charge in [0.2, 0.25) is 0 Å². The number of carbonyl (C=O) groups excluding carboxylic acids is 1. The van der Waals surface area contributed by atoms with Crippen LogP contribution >= 0.6 is 0 Å². The number of hydrogen-bond donors (Lipinski definition) is 3. The Morgan fingerprint density at radius 3 is 2.28 bits per heavy atom. The second-order valence-corrected chi connectivity index (χ2v) is 4.41. The molecule has 2 rings (SSSR count). The molecule has 0 bridgehead atoms. The summed E-state index contributed by atoms with van der Waals surface area (Å²) in [5.41, 5.74) is 1.45. The molecule has 0 aliphatic heterocycles. The molecule has 0 radical (unpaired) electrons. The maximum atomic E-state index is 13.4. The van der Waals surface area contributed by atoms with Crippen LogP contribution in [0.5, 0.6) is 0 Å². The van der Waals surface area contributed by atoms with Gasteiger partial charge >= 0.3 is 0 Å². The number of hydrazine groups is 1. The lowest BCUT2D eigenvalue weighted by molar-refractivity contribution is 0.0937. The first-order valence-electron chi connectivity index (χ1n) is 5.88. The minimum atomic E-state index is -0.880. The molecule has 1 aromatic carbocycles. The van der Waals surface area contributed by atoms with Crippen molar-refractivity contribution >= 4 is 11.6 Å². The summed E-state index contributed by atoms with van der Waals surface area (Å²) in [6, 6.07) is 2.06. The quantitative estimate of drug-likeness (QED) is 0.571. The summed E-state index contributed by atoms with van der Waals surface area (Å²) >= 11 is 0. The van der Waals surface area contributed by atoms with Gasteiger partial charge in [-0.3, -0.25) is 10.6 Å². The van der Waals surface area contributed by atoms with E-state index in [-0.39, 0.29) is 11.6 Å². The van der Waals surface area contributed by atoms with Gasteiger partial charge in [-0.25, -0.2) is 8.78 Å². The molecule has 0 unspecified atom stereocenters. The van der Waals surface area contributed by atoms with Gasteiger partial charge in [0.1, 0.15) is 5.69 Å². The Morgan fingerprint density at radius 1 is 1.22 bits per heavy atom. The van der Waals surface area contributed by atoms with Crippen LogP contribution in [0.15, 0.2) is 12.1 Å². The highest BCUT2D eigenvalue weighted by molar-refractivity contribution is 5.94. The van der Waals surface area contributed by atoms with Gasteiger partial charge in [-0.1, -0.05) is 12.8 Å². The summed E-state index contributed by atoms with van der Waals surface area (Å²) < 4.78 is 26.8. The first kappa shape index (κ1) is 12.8. The van der Waals surface area contributed by atoms with Crippen LogP contribution in [0.25, 0.3) is 0 Å². The van der Waals surface area contributed by atoms with Gasteiger partial charge in [0.15, 0.2) is 11.6 Å². The highest BCUT2D eigenvalue weighted by atomic mass is 19.1. The molecule has 1 aliphatic rings. The van der Waals surface area contributed by atoms with Crippen LogP contribution in [0.3, 0.4) is 0 Å². The van der Waals surface area contributed by atoms with E-state index in [4.69, 9.17) is 5.84 Å². The van der Waals surface area contributed by atoms with Crippen molar-refractivity contribution in [2.45, 2.75) is 31.7 Å². The number of nitrogen functional groups attached to an aromatic ring is 1. The molecule has 0 spiro atoms. The second-order valence-electron chi connectivity index (χ2n) is 4.41. The van der Waals surface area contributed by atoms with Crippen LogP contribution in [0, 0.1) is 11.6 Å². The van der Waals surface area contributed by atoms with E-state index in [0.29, 0.717) is 0 Å². The fourth-order valence-corrected chi connectivity index (χ4v) is 2.18. The zero-order valence-electron chi connectivity index (χ0n) is 9.80. The summed E-state index contributed by atoms with van der Waals surface area (Å²) in [5, 5.41) is 2.76. The summed E-state index contributed by atoms with van der Waals surface area (Å²) in [4.78, 5) is 11.8. The average molecular weight is 255 g/mol. The zero-order chi connectivity index (χ0) is 13.1. The molecular weight excluding hydrogens is 240 g/mol. The number of rotatable bonds is 3. The molecule has 1 fully saturated rings. The molecule has 1 aromatic rings. The standard InChI is InChI=1S/C12H15F2N3O/c13-9-5-7(6-10(14)11(9)17-15)12(18)16-8-3-1-2-4-8/h5-6,8,17H,1-4,15H2,(H,16,18). The van der Waals surface area contributed by atoms with E-state index in [1.54, 1.807) is 0 Å². The molecule has 4 nitrogen and oxygen atoms in total. The molecule has 1 aliphatic carbocycles. The van der Waals surface area contributed by atoms with Crippen LogP contribution in [-0.2, 0) is 0 Å². The van der Waals surface area contributed by atoms with Crippen molar-refractivity contribution in [1.29, 1.82) is 0 Å². The van der Waals surface area contributed by atoms with E-state index < -0.39 is 23.2 Å². The van der Waals surface area contributed by atoms with Crippen molar-refractivity contribution in [1.82, 2.24) is 5.32 Å². The summed E-state index contributed by atoms with van der Waals surface area (Å²) in [6.45, 7) is 0. The van der Waals surface area contributed by atoms with Crippen LogP contribution in [-0.4, -0.2) is 11.9 Å². The van der Waals surface area contributed by atoms with E-state index in [9.17, 15) is 13.6 Å². The highest BCUT2D eigenvalue weighted by Gasteiger charge is 2.20. The van der Waals surface area contributed by atoms with Gasteiger partial charge in [0, 0.05) is 11.6 Å². The van der Waals surface area contributed by atoms with Crippen molar-refractivity contribution < 1.29 is 13.6 Å².